The Balaban J connectivity index is 1.87. The first-order valence-electron chi connectivity index (χ1n) is 8.63. The molecule has 9 heteroatoms. The van der Waals surface area contributed by atoms with Crippen LogP contribution in [0.5, 0.6) is 0 Å². The Morgan fingerprint density at radius 3 is 2.00 bits per heavy atom. The topological polar surface area (TPSA) is 42.0 Å². The zero-order chi connectivity index (χ0) is 21.9. The molecule has 0 saturated heterocycles. The summed E-state index contributed by atoms with van der Waals surface area (Å²) in [6, 6.07) is 12.9. The number of nitrogens with one attached hydrogen (secondary N) is 1. The Labute approximate surface area is 167 Å². The molecule has 0 bridgehead atoms. The standard InChI is InChI=1S/C21H14F6N2O/c22-20(23,24)15-9-13(10-16(11-15)21(25,26)27)12-29-19(30)17-7-4-8-28-18(17)14-5-2-1-3-6-14/h1-11H,12H2,(H,29,30). The van der Waals surface area contributed by atoms with E-state index in [1.54, 1.807) is 30.3 Å². The van der Waals surface area contributed by atoms with Gasteiger partial charge in [-0.2, -0.15) is 26.3 Å². The minimum atomic E-state index is -4.95. The Kier molecular flexibility index (Phi) is 5.82. The van der Waals surface area contributed by atoms with Crippen molar-refractivity contribution in [3.8, 4) is 11.3 Å². The molecule has 0 saturated carbocycles. The highest BCUT2D eigenvalue weighted by Crippen LogP contribution is 2.36. The molecular formula is C21H14F6N2O. The van der Waals surface area contributed by atoms with E-state index in [4.69, 9.17) is 0 Å². The molecule has 0 fully saturated rings. The van der Waals surface area contributed by atoms with Crippen molar-refractivity contribution >= 4 is 5.91 Å². The first-order chi connectivity index (χ1) is 14.1. The molecule has 0 aliphatic rings. The Bertz CT molecular complexity index is 1010. The number of aromatic nitrogens is 1. The molecule has 2 aromatic carbocycles. The predicted octanol–water partition coefficient (Wildman–Crippen LogP) is 5.72. The van der Waals surface area contributed by atoms with Crippen LogP contribution in [0, 0.1) is 0 Å². The van der Waals surface area contributed by atoms with Crippen LogP contribution in [0.15, 0.2) is 66.9 Å². The quantitative estimate of drug-likeness (QED) is 0.545. The Morgan fingerprint density at radius 1 is 0.833 bits per heavy atom. The number of rotatable bonds is 4. The fourth-order valence-electron chi connectivity index (χ4n) is 2.81. The molecule has 3 aromatic rings. The summed E-state index contributed by atoms with van der Waals surface area (Å²) in [6.45, 7) is -0.519. The van der Waals surface area contributed by atoms with Crippen molar-refractivity contribution in [1.29, 1.82) is 0 Å². The second-order valence-corrected chi connectivity index (χ2v) is 6.36. The number of carbonyl (C=O) groups excluding carboxylic acids is 1. The molecule has 3 rings (SSSR count). The molecule has 0 radical (unpaired) electrons. The SMILES string of the molecule is O=C(NCc1cc(C(F)(F)F)cc(C(F)(F)F)c1)c1cccnc1-c1ccccc1. The van der Waals surface area contributed by atoms with Gasteiger partial charge in [-0.05, 0) is 35.9 Å². The fraction of sp³-hybridized carbons (Fsp3) is 0.143. The lowest BCUT2D eigenvalue weighted by atomic mass is 10.0. The van der Waals surface area contributed by atoms with Gasteiger partial charge < -0.3 is 5.32 Å². The van der Waals surface area contributed by atoms with Crippen LogP contribution in [0.1, 0.15) is 27.0 Å². The maximum Gasteiger partial charge on any atom is 0.416 e. The minimum absolute atomic E-state index is 0.0416. The third-order valence-electron chi connectivity index (χ3n) is 4.20. The number of hydrogen-bond acceptors (Lipinski definition) is 2. The van der Waals surface area contributed by atoms with E-state index in [9.17, 15) is 31.1 Å². The van der Waals surface area contributed by atoms with Crippen molar-refractivity contribution in [2.45, 2.75) is 18.9 Å². The zero-order valence-electron chi connectivity index (χ0n) is 15.2. The number of carbonyl (C=O) groups is 1. The molecule has 1 amide bonds. The molecule has 0 unspecified atom stereocenters. The van der Waals surface area contributed by atoms with Crippen molar-refractivity contribution in [2.24, 2.45) is 0 Å². The molecule has 0 atom stereocenters. The van der Waals surface area contributed by atoms with Gasteiger partial charge in [-0.15, -0.1) is 0 Å². The third-order valence-corrected chi connectivity index (χ3v) is 4.20. The van der Waals surface area contributed by atoms with Crippen LogP contribution in [-0.2, 0) is 18.9 Å². The van der Waals surface area contributed by atoms with Gasteiger partial charge in [-0.25, -0.2) is 0 Å². The number of amides is 1. The number of hydrogen-bond donors (Lipinski definition) is 1. The van der Waals surface area contributed by atoms with E-state index in [0.717, 1.165) is 0 Å². The number of nitrogens with zero attached hydrogens (tertiary/aromatic N) is 1. The van der Waals surface area contributed by atoms with Crippen molar-refractivity contribution in [1.82, 2.24) is 10.3 Å². The highest BCUT2D eigenvalue weighted by Gasteiger charge is 2.36. The smallest absolute Gasteiger partial charge is 0.348 e. The van der Waals surface area contributed by atoms with Crippen molar-refractivity contribution in [2.75, 3.05) is 0 Å². The van der Waals surface area contributed by atoms with E-state index >= 15 is 0 Å². The van der Waals surface area contributed by atoms with Crippen LogP contribution in [0.3, 0.4) is 0 Å². The van der Waals surface area contributed by atoms with Crippen LogP contribution in [0.25, 0.3) is 11.3 Å². The molecule has 0 aliphatic carbocycles. The summed E-state index contributed by atoms with van der Waals surface area (Å²) in [7, 11) is 0. The lowest BCUT2D eigenvalue weighted by Crippen LogP contribution is -2.24. The van der Waals surface area contributed by atoms with E-state index < -0.39 is 35.9 Å². The fourth-order valence-corrected chi connectivity index (χ4v) is 2.81. The van der Waals surface area contributed by atoms with Gasteiger partial charge in [0.25, 0.3) is 5.91 Å². The molecule has 30 heavy (non-hydrogen) atoms. The second kappa shape index (κ2) is 8.17. The van der Waals surface area contributed by atoms with Crippen LogP contribution >= 0.6 is 0 Å². The summed E-state index contributed by atoms with van der Waals surface area (Å²) in [6.07, 6.45) is -8.44. The molecule has 1 heterocycles. The molecular weight excluding hydrogens is 410 g/mol. The van der Waals surface area contributed by atoms with Gasteiger partial charge in [0.15, 0.2) is 0 Å². The third kappa shape index (κ3) is 4.97. The minimum Gasteiger partial charge on any atom is -0.348 e. The number of pyridine rings is 1. The summed E-state index contributed by atoms with van der Waals surface area (Å²) in [4.78, 5) is 16.7. The van der Waals surface area contributed by atoms with E-state index in [1.165, 1.54) is 18.3 Å². The molecule has 156 valence electrons. The maximum absolute atomic E-state index is 13.0. The first-order valence-corrected chi connectivity index (χ1v) is 8.63. The molecule has 0 spiro atoms. The van der Waals surface area contributed by atoms with E-state index in [0.29, 0.717) is 23.4 Å². The summed E-state index contributed by atoms with van der Waals surface area (Å²) in [5.74, 6) is -0.673. The summed E-state index contributed by atoms with van der Waals surface area (Å²) >= 11 is 0. The van der Waals surface area contributed by atoms with Crippen LogP contribution in [-0.4, -0.2) is 10.9 Å². The lowest BCUT2D eigenvalue weighted by Gasteiger charge is -2.15. The van der Waals surface area contributed by atoms with E-state index in [-0.39, 0.29) is 17.2 Å². The highest BCUT2D eigenvalue weighted by atomic mass is 19.4. The zero-order valence-corrected chi connectivity index (χ0v) is 15.2. The molecule has 0 aliphatic heterocycles. The number of benzene rings is 2. The highest BCUT2D eigenvalue weighted by molar-refractivity contribution is 5.99. The van der Waals surface area contributed by atoms with Crippen LogP contribution in [0.4, 0.5) is 26.3 Å². The monoisotopic (exact) mass is 424 g/mol. The normalized spacial score (nSPS) is 11.9. The summed E-state index contributed by atoms with van der Waals surface area (Å²) in [5.41, 5.74) is -2.07. The van der Waals surface area contributed by atoms with Crippen molar-refractivity contribution in [3.05, 3.63) is 89.1 Å². The predicted molar refractivity (Wildman–Crippen MR) is 97.3 cm³/mol. The van der Waals surface area contributed by atoms with Gasteiger partial charge in [0, 0.05) is 18.3 Å². The van der Waals surface area contributed by atoms with Crippen molar-refractivity contribution in [3.63, 3.8) is 0 Å². The summed E-state index contributed by atoms with van der Waals surface area (Å²) in [5, 5.41) is 2.37. The average Bonchev–Trinajstić information content (AvgIpc) is 2.71. The van der Waals surface area contributed by atoms with Gasteiger partial charge in [-0.1, -0.05) is 30.3 Å². The maximum atomic E-state index is 13.0. The molecule has 3 nitrogen and oxygen atoms in total. The van der Waals surface area contributed by atoms with Gasteiger partial charge >= 0.3 is 12.4 Å². The molecule has 1 N–H and O–H groups in total. The lowest BCUT2D eigenvalue weighted by molar-refractivity contribution is -0.143. The number of halogens is 6. The van der Waals surface area contributed by atoms with E-state index in [2.05, 4.69) is 10.3 Å². The van der Waals surface area contributed by atoms with E-state index in [1.807, 2.05) is 0 Å². The Morgan fingerprint density at radius 2 is 1.43 bits per heavy atom. The van der Waals surface area contributed by atoms with Gasteiger partial charge in [0.2, 0.25) is 0 Å². The largest absolute Gasteiger partial charge is 0.416 e. The second-order valence-electron chi connectivity index (χ2n) is 6.36. The van der Waals surface area contributed by atoms with Crippen molar-refractivity contribution < 1.29 is 31.1 Å². The van der Waals surface area contributed by atoms with Gasteiger partial charge in [0.05, 0.1) is 22.4 Å². The summed E-state index contributed by atoms with van der Waals surface area (Å²) < 4.78 is 77.9. The molecule has 1 aromatic heterocycles. The van der Waals surface area contributed by atoms with Gasteiger partial charge in [-0.3, -0.25) is 9.78 Å². The van der Waals surface area contributed by atoms with Crippen LogP contribution < -0.4 is 5.32 Å². The van der Waals surface area contributed by atoms with Crippen LogP contribution in [0.2, 0.25) is 0 Å². The Hall–Kier alpha value is -3.36. The average molecular weight is 424 g/mol. The van der Waals surface area contributed by atoms with Gasteiger partial charge in [0.1, 0.15) is 0 Å². The number of alkyl halides is 6. The first kappa shape index (κ1) is 21.4.